The van der Waals surface area contributed by atoms with Gasteiger partial charge in [0.2, 0.25) is 0 Å². The van der Waals surface area contributed by atoms with Crippen molar-refractivity contribution in [3.63, 3.8) is 0 Å². The normalized spacial score (nSPS) is 15.5. The van der Waals surface area contributed by atoms with E-state index in [1.807, 2.05) is 11.8 Å². The number of fused-ring (bicyclic) bond motifs is 17. The van der Waals surface area contributed by atoms with E-state index in [1.54, 1.807) is 0 Å². The van der Waals surface area contributed by atoms with Gasteiger partial charge in [-0.25, -0.2) is 0 Å². The van der Waals surface area contributed by atoms with Gasteiger partial charge in [-0.3, -0.25) is 0 Å². The van der Waals surface area contributed by atoms with Gasteiger partial charge in [0, 0.05) is 43.5 Å². The van der Waals surface area contributed by atoms with Crippen molar-refractivity contribution in [1.29, 1.82) is 0 Å². The van der Waals surface area contributed by atoms with E-state index in [-0.39, 0.29) is 12.1 Å². The smallest absolute Gasteiger partial charge is 0.252 e. The van der Waals surface area contributed by atoms with Crippen LogP contribution in [0.1, 0.15) is 75.0 Å². The summed E-state index contributed by atoms with van der Waals surface area (Å²) in [5.74, 6) is 0. The van der Waals surface area contributed by atoms with Gasteiger partial charge in [0.25, 0.3) is 6.71 Å². The average molecular weight is 877 g/mol. The van der Waals surface area contributed by atoms with Gasteiger partial charge >= 0.3 is 0 Å². The first-order valence-corrected chi connectivity index (χ1v) is 24.7. The number of aryl methyl sites for hydroxylation is 5. The molecule has 3 aliphatic heterocycles. The zero-order valence-corrected chi connectivity index (χ0v) is 39.9. The number of rotatable bonds is 2. The highest BCUT2D eigenvalue weighted by Crippen LogP contribution is 2.65. The summed E-state index contributed by atoms with van der Waals surface area (Å²) in [5, 5.41) is 0. The molecule has 0 amide bonds. The Kier molecular flexibility index (Phi) is 7.93. The SMILES string of the molecule is Cc1cc2c3c(c1)N(c1c(C)cccc1C)c1c(ccc4c1-c1ccccc1C41c4ccccc4Sc4ccccc41)B3c1cc3c(cc1N2c1c(C)cccc1C)-c1ccccc1C3(C)C. The van der Waals surface area contributed by atoms with Crippen LogP contribution in [0.5, 0.6) is 0 Å². The third-order valence-electron chi connectivity index (χ3n) is 16.2. The molecule has 0 saturated carbocycles. The summed E-state index contributed by atoms with van der Waals surface area (Å²) >= 11 is 1.91. The molecule has 0 aromatic heterocycles. The van der Waals surface area contributed by atoms with Gasteiger partial charge in [0.05, 0.1) is 16.8 Å². The molecule has 4 heteroatoms. The summed E-state index contributed by atoms with van der Waals surface area (Å²) < 4.78 is 0. The number of anilines is 6. The third-order valence-corrected chi connectivity index (χ3v) is 17.4. The number of nitrogens with zero attached hydrogens (tertiary/aromatic N) is 2. The fourth-order valence-corrected chi connectivity index (χ4v) is 14.7. The maximum atomic E-state index is 2.72. The number of hydrogen-bond donors (Lipinski definition) is 0. The molecule has 0 saturated heterocycles. The van der Waals surface area contributed by atoms with Crippen molar-refractivity contribution in [2.45, 2.75) is 69.1 Å². The number of hydrogen-bond acceptors (Lipinski definition) is 3. The highest BCUT2D eigenvalue weighted by molar-refractivity contribution is 7.99. The topological polar surface area (TPSA) is 6.48 Å². The quantitative estimate of drug-likeness (QED) is 0.160. The molecule has 0 unspecified atom stereocenters. The standard InChI is InChI=1S/C63H49BN2S/c1-36-32-53-58-54(33-36)66(60-39(4)20-17-21-40(60)5)61-50(31-30-48-57(61)42-23-9-11-25-45(42)63(48)46-26-12-14-28-55(46)67-56-29-15-13-27-47(56)63)64(58)51-35-49-43(41-22-8-10-24-44(41)62(49,6)7)34-52(51)65(53)59-37(2)18-16-19-38(59)3/h8-35H,1-7H3. The van der Waals surface area contributed by atoms with Crippen molar-refractivity contribution in [3.05, 3.63) is 231 Å². The molecule has 9 aromatic rings. The van der Waals surface area contributed by atoms with E-state index in [0.29, 0.717) is 0 Å². The van der Waals surface area contributed by atoms with Crippen LogP contribution in [0, 0.1) is 34.6 Å². The van der Waals surface area contributed by atoms with Crippen molar-refractivity contribution in [2.24, 2.45) is 0 Å². The highest BCUT2D eigenvalue weighted by atomic mass is 32.2. The van der Waals surface area contributed by atoms with E-state index in [2.05, 4.69) is 228 Å². The van der Waals surface area contributed by atoms with Gasteiger partial charge in [-0.15, -0.1) is 0 Å². The molecule has 3 heterocycles. The Hall–Kier alpha value is -7.01. The average Bonchev–Trinajstić information content (AvgIpc) is 3.74. The van der Waals surface area contributed by atoms with Crippen LogP contribution in [-0.2, 0) is 10.8 Å². The van der Waals surface area contributed by atoms with Gasteiger partial charge in [-0.1, -0.05) is 165 Å². The van der Waals surface area contributed by atoms with Gasteiger partial charge in [-0.2, -0.15) is 0 Å². The molecule has 320 valence electrons. The van der Waals surface area contributed by atoms with E-state index in [4.69, 9.17) is 0 Å². The first-order valence-electron chi connectivity index (χ1n) is 23.9. The second-order valence-electron chi connectivity index (χ2n) is 20.2. The zero-order chi connectivity index (χ0) is 45.2. The van der Waals surface area contributed by atoms with Crippen LogP contribution in [0.2, 0.25) is 0 Å². The molecule has 0 bridgehead atoms. The summed E-state index contributed by atoms with van der Waals surface area (Å²) in [6.07, 6.45) is 0. The molecule has 5 aliphatic rings. The Labute approximate surface area is 399 Å². The Morgan fingerprint density at radius 2 is 0.940 bits per heavy atom. The fraction of sp³-hybridized carbons (Fsp3) is 0.143. The largest absolute Gasteiger partial charge is 0.311 e. The van der Waals surface area contributed by atoms with Crippen LogP contribution >= 0.6 is 11.8 Å². The van der Waals surface area contributed by atoms with Gasteiger partial charge in [-0.05, 0) is 159 Å². The molecule has 2 aliphatic carbocycles. The predicted molar refractivity (Wildman–Crippen MR) is 283 cm³/mol. The molecular weight excluding hydrogens is 828 g/mol. The maximum Gasteiger partial charge on any atom is 0.252 e. The van der Waals surface area contributed by atoms with E-state index >= 15 is 0 Å². The van der Waals surface area contributed by atoms with Crippen molar-refractivity contribution in [2.75, 3.05) is 9.80 Å². The van der Waals surface area contributed by atoms with Crippen molar-refractivity contribution < 1.29 is 0 Å². The molecule has 0 N–H and O–H groups in total. The summed E-state index contributed by atoms with van der Waals surface area (Å²) in [7, 11) is 0. The lowest BCUT2D eigenvalue weighted by molar-refractivity contribution is 0.661. The Morgan fingerprint density at radius 3 is 1.58 bits per heavy atom. The monoisotopic (exact) mass is 876 g/mol. The lowest BCUT2D eigenvalue weighted by Crippen LogP contribution is -2.62. The summed E-state index contributed by atoms with van der Waals surface area (Å²) in [6, 6.07) is 65.8. The second-order valence-corrected chi connectivity index (χ2v) is 21.3. The molecule has 9 aromatic carbocycles. The molecule has 2 nitrogen and oxygen atoms in total. The van der Waals surface area contributed by atoms with Crippen molar-refractivity contribution in [1.82, 2.24) is 0 Å². The minimum absolute atomic E-state index is 0.0305. The molecule has 0 fully saturated rings. The van der Waals surface area contributed by atoms with Crippen LogP contribution < -0.4 is 26.2 Å². The maximum absolute atomic E-state index is 2.72. The van der Waals surface area contributed by atoms with Crippen LogP contribution in [0.25, 0.3) is 22.3 Å². The summed E-state index contributed by atoms with van der Waals surface area (Å²) in [4.78, 5) is 8.01. The lowest BCUT2D eigenvalue weighted by Gasteiger charge is -2.46. The van der Waals surface area contributed by atoms with Crippen LogP contribution in [-0.4, -0.2) is 6.71 Å². The van der Waals surface area contributed by atoms with Gasteiger partial charge < -0.3 is 9.80 Å². The third kappa shape index (κ3) is 4.89. The van der Waals surface area contributed by atoms with Crippen molar-refractivity contribution >= 4 is 69.0 Å². The van der Waals surface area contributed by atoms with Crippen LogP contribution in [0.4, 0.5) is 34.1 Å². The van der Waals surface area contributed by atoms with Crippen molar-refractivity contribution in [3.8, 4) is 22.3 Å². The summed E-state index contributed by atoms with van der Waals surface area (Å²) in [6.45, 7) is 16.3. The second kappa shape index (κ2) is 13.6. The Morgan fingerprint density at radius 1 is 0.403 bits per heavy atom. The van der Waals surface area contributed by atoms with E-state index in [0.717, 1.165) is 0 Å². The highest BCUT2D eigenvalue weighted by Gasteiger charge is 2.54. The number of benzene rings is 9. The van der Waals surface area contributed by atoms with Crippen LogP contribution in [0.3, 0.4) is 0 Å². The molecule has 1 spiro atoms. The van der Waals surface area contributed by atoms with Gasteiger partial charge in [0.1, 0.15) is 0 Å². The predicted octanol–water partition coefficient (Wildman–Crippen LogP) is 14.4. The summed E-state index contributed by atoms with van der Waals surface area (Å²) in [5.41, 5.74) is 31.0. The Balaban J connectivity index is 1.17. The molecule has 0 atom stereocenters. The lowest BCUT2D eigenvalue weighted by atomic mass is 9.33. The van der Waals surface area contributed by atoms with E-state index < -0.39 is 5.41 Å². The Bertz CT molecular complexity index is 3600. The molecular formula is C63H49BN2S. The molecule has 0 radical (unpaired) electrons. The molecule has 67 heavy (non-hydrogen) atoms. The minimum atomic E-state index is -0.496. The van der Waals surface area contributed by atoms with E-state index in [9.17, 15) is 0 Å². The first-order chi connectivity index (χ1) is 32.6. The molecule has 14 rings (SSSR count). The van der Waals surface area contributed by atoms with E-state index in [1.165, 1.54) is 144 Å². The zero-order valence-electron chi connectivity index (χ0n) is 39.0. The first kappa shape index (κ1) is 39.2. The number of para-hydroxylation sites is 2. The fourth-order valence-electron chi connectivity index (χ4n) is 13.5. The van der Waals surface area contributed by atoms with Gasteiger partial charge in [0.15, 0.2) is 0 Å². The minimum Gasteiger partial charge on any atom is -0.311 e. The van der Waals surface area contributed by atoms with Crippen LogP contribution in [0.15, 0.2) is 180 Å².